The molecule has 2 atom stereocenters. The molecule has 0 heterocycles. The van der Waals surface area contributed by atoms with Crippen LogP contribution in [-0.2, 0) is 14.3 Å². The molecule has 3 heteroatoms. The zero-order valence-electron chi connectivity index (χ0n) is 10.4. The Bertz CT molecular complexity index is 153. The van der Waals surface area contributed by atoms with Crippen molar-refractivity contribution < 1.29 is 14.3 Å². The van der Waals surface area contributed by atoms with E-state index < -0.39 is 0 Å². The topological polar surface area (TPSA) is 35.5 Å². The predicted molar refractivity (Wildman–Crippen MR) is 60.7 cm³/mol. The van der Waals surface area contributed by atoms with Gasteiger partial charge in [0.2, 0.25) is 0 Å². The molecule has 0 N–H and O–H groups in total. The zero-order valence-corrected chi connectivity index (χ0v) is 10.4. The summed E-state index contributed by atoms with van der Waals surface area (Å²) in [5.74, 6) is 0.837. The van der Waals surface area contributed by atoms with Gasteiger partial charge in [-0.2, -0.15) is 0 Å². The summed E-state index contributed by atoms with van der Waals surface area (Å²) in [5, 5.41) is 0. The molecule has 0 amide bonds. The van der Waals surface area contributed by atoms with Crippen LogP contribution >= 0.6 is 0 Å². The third kappa shape index (κ3) is 6.63. The minimum Gasteiger partial charge on any atom is -0.353 e. The molecule has 0 radical (unpaired) electrons. The average molecular weight is 216 g/mol. The number of carbonyl (C=O) groups excluding carboxylic acids is 1. The van der Waals surface area contributed by atoms with Crippen LogP contribution < -0.4 is 0 Å². The van der Waals surface area contributed by atoms with Gasteiger partial charge in [0.15, 0.2) is 6.29 Å². The average Bonchev–Trinajstić information content (AvgIpc) is 2.18. The van der Waals surface area contributed by atoms with E-state index in [4.69, 9.17) is 9.47 Å². The normalized spacial score (nSPS) is 15.3. The van der Waals surface area contributed by atoms with Crippen molar-refractivity contribution in [3.8, 4) is 0 Å². The lowest BCUT2D eigenvalue weighted by molar-refractivity contribution is -0.147. The van der Waals surface area contributed by atoms with Gasteiger partial charge < -0.3 is 14.3 Å². The molecule has 0 aromatic carbocycles. The fourth-order valence-electron chi connectivity index (χ4n) is 1.48. The molecule has 3 nitrogen and oxygen atoms in total. The summed E-state index contributed by atoms with van der Waals surface area (Å²) in [5.41, 5.74) is 0. The first kappa shape index (κ1) is 14.6. The number of hydrogen-bond acceptors (Lipinski definition) is 3. The molecule has 2 unspecified atom stereocenters. The maximum Gasteiger partial charge on any atom is 0.157 e. The van der Waals surface area contributed by atoms with Crippen molar-refractivity contribution in [3.05, 3.63) is 0 Å². The molecule has 0 saturated carbocycles. The molecule has 0 saturated heterocycles. The monoisotopic (exact) mass is 216 g/mol. The van der Waals surface area contributed by atoms with Crippen molar-refractivity contribution in [3.63, 3.8) is 0 Å². The van der Waals surface area contributed by atoms with Gasteiger partial charge in [0.05, 0.1) is 0 Å². The third-order valence-corrected chi connectivity index (χ3v) is 2.71. The zero-order chi connectivity index (χ0) is 11.7. The van der Waals surface area contributed by atoms with Crippen LogP contribution in [0.4, 0.5) is 0 Å². The van der Waals surface area contributed by atoms with Gasteiger partial charge >= 0.3 is 0 Å². The highest BCUT2D eigenvalue weighted by atomic mass is 16.7. The standard InChI is InChI=1S/C12H24O3/c1-5-14-12(15-6-2)9-11(4)10(3)7-8-13/h8,10-12H,5-7,9H2,1-4H3. The first-order chi connectivity index (χ1) is 7.15. The van der Waals surface area contributed by atoms with E-state index in [2.05, 4.69) is 13.8 Å². The van der Waals surface area contributed by atoms with Gasteiger partial charge in [-0.15, -0.1) is 0 Å². The van der Waals surface area contributed by atoms with Crippen molar-refractivity contribution in [1.82, 2.24) is 0 Å². The summed E-state index contributed by atoms with van der Waals surface area (Å²) in [6, 6.07) is 0. The molecule has 0 aromatic heterocycles. The van der Waals surface area contributed by atoms with Gasteiger partial charge in [-0.25, -0.2) is 0 Å². The molecule has 0 aliphatic carbocycles. The predicted octanol–water partition coefficient (Wildman–Crippen LogP) is 2.64. The molecule has 0 aliphatic rings. The van der Waals surface area contributed by atoms with Crippen LogP contribution in [0.2, 0.25) is 0 Å². The van der Waals surface area contributed by atoms with E-state index >= 15 is 0 Å². The third-order valence-electron chi connectivity index (χ3n) is 2.71. The Kier molecular flexibility index (Phi) is 8.62. The van der Waals surface area contributed by atoms with Crippen molar-refractivity contribution in [2.45, 2.75) is 46.8 Å². The van der Waals surface area contributed by atoms with Gasteiger partial charge in [-0.3, -0.25) is 0 Å². The number of aldehydes is 1. The van der Waals surface area contributed by atoms with Gasteiger partial charge in [0, 0.05) is 26.1 Å². The summed E-state index contributed by atoms with van der Waals surface area (Å²) in [6.07, 6.45) is 2.34. The SMILES string of the molecule is CCOC(CC(C)C(C)CC=O)OCC. The second-order valence-corrected chi connectivity index (χ2v) is 3.93. The van der Waals surface area contributed by atoms with Crippen molar-refractivity contribution >= 4 is 6.29 Å². The maximum atomic E-state index is 10.4. The maximum absolute atomic E-state index is 10.4. The Labute approximate surface area is 93.1 Å². The number of hydrogen-bond donors (Lipinski definition) is 0. The number of carbonyl (C=O) groups is 1. The fraction of sp³-hybridized carbons (Fsp3) is 0.917. The Morgan fingerprint density at radius 2 is 1.60 bits per heavy atom. The van der Waals surface area contributed by atoms with Crippen LogP contribution in [0.3, 0.4) is 0 Å². The first-order valence-electron chi connectivity index (χ1n) is 5.82. The van der Waals surface area contributed by atoms with Crippen LogP contribution in [0.1, 0.15) is 40.5 Å². The second kappa shape index (κ2) is 8.86. The second-order valence-electron chi connectivity index (χ2n) is 3.93. The molecular formula is C12H24O3. The number of ether oxygens (including phenoxy) is 2. The molecule has 0 aromatic rings. The lowest BCUT2D eigenvalue weighted by Crippen LogP contribution is -2.23. The van der Waals surface area contributed by atoms with Crippen molar-refractivity contribution in [2.75, 3.05) is 13.2 Å². The van der Waals surface area contributed by atoms with Crippen LogP contribution in [-0.4, -0.2) is 25.8 Å². The molecule has 0 bridgehead atoms. The van der Waals surface area contributed by atoms with Gasteiger partial charge in [0.1, 0.15) is 6.29 Å². The molecule has 15 heavy (non-hydrogen) atoms. The smallest absolute Gasteiger partial charge is 0.157 e. The van der Waals surface area contributed by atoms with Gasteiger partial charge in [0.25, 0.3) is 0 Å². The summed E-state index contributed by atoms with van der Waals surface area (Å²) in [6.45, 7) is 9.49. The lowest BCUT2D eigenvalue weighted by Gasteiger charge is -2.24. The molecule has 0 rings (SSSR count). The Morgan fingerprint density at radius 1 is 1.07 bits per heavy atom. The van der Waals surface area contributed by atoms with Crippen LogP contribution in [0, 0.1) is 11.8 Å². The van der Waals surface area contributed by atoms with E-state index in [-0.39, 0.29) is 6.29 Å². The van der Waals surface area contributed by atoms with Crippen LogP contribution in [0.25, 0.3) is 0 Å². The first-order valence-corrected chi connectivity index (χ1v) is 5.82. The van der Waals surface area contributed by atoms with E-state index in [0.29, 0.717) is 31.5 Å². The summed E-state index contributed by atoms with van der Waals surface area (Å²) in [4.78, 5) is 10.4. The fourth-order valence-corrected chi connectivity index (χ4v) is 1.48. The van der Waals surface area contributed by atoms with E-state index in [1.807, 2.05) is 13.8 Å². The van der Waals surface area contributed by atoms with Gasteiger partial charge in [-0.1, -0.05) is 13.8 Å². The van der Waals surface area contributed by atoms with E-state index in [1.165, 1.54) is 0 Å². The Balaban J connectivity index is 3.96. The number of rotatable bonds is 9. The van der Waals surface area contributed by atoms with Crippen molar-refractivity contribution in [2.24, 2.45) is 11.8 Å². The highest BCUT2D eigenvalue weighted by Crippen LogP contribution is 2.21. The van der Waals surface area contributed by atoms with Crippen LogP contribution in [0.5, 0.6) is 0 Å². The minimum atomic E-state index is -0.121. The summed E-state index contributed by atoms with van der Waals surface area (Å²) >= 11 is 0. The Hall–Kier alpha value is -0.410. The largest absolute Gasteiger partial charge is 0.353 e. The quantitative estimate of drug-likeness (QED) is 0.439. The summed E-state index contributed by atoms with van der Waals surface area (Å²) < 4.78 is 10.9. The lowest BCUT2D eigenvalue weighted by atomic mass is 9.90. The molecule has 90 valence electrons. The molecular weight excluding hydrogens is 192 g/mol. The molecule has 0 aliphatic heterocycles. The van der Waals surface area contributed by atoms with E-state index in [9.17, 15) is 4.79 Å². The highest BCUT2D eigenvalue weighted by molar-refractivity contribution is 5.49. The Morgan fingerprint density at radius 3 is 2.00 bits per heavy atom. The molecule has 0 fully saturated rings. The summed E-state index contributed by atoms with van der Waals surface area (Å²) in [7, 11) is 0. The highest BCUT2D eigenvalue weighted by Gasteiger charge is 2.18. The van der Waals surface area contributed by atoms with Gasteiger partial charge in [-0.05, 0) is 25.7 Å². The van der Waals surface area contributed by atoms with Crippen molar-refractivity contribution in [1.29, 1.82) is 0 Å². The molecule has 0 spiro atoms. The van der Waals surface area contributed by atoms with Crippen LogP contribution in [0.15, 0.2) is 0 Å². The van der Waals surface area contributed by atoms with E-state index in [0.717, 1.165) is 12.7 Å². The minimum absolute atomic E-state index is 0.121. The van der Waals surface area contributed by atoms with E-state index in [1.54, 1.807) is 0 Å².